The van der Waals surface area contributed by atoms with Gasteiger partial charge < -0.3 is 19.2 Å². The van der Waals surface area contributed by atoms with Gasteiger partial charge in [-0.2, -0.15) is 0 Å². The van der Waals surface area contributed by atoms with Crippen LogP contribution in [0.5, 0.6) is 11.5 Å². The molecule has 1 heterocycles. The molecule has 4 nitrogen and oxygen atoms in total. The fraction of sp³-hybridized carbons (Fsp3) is 0.222. The zero-order valence-corrected chi connectivity index (χ0v) is 12.5. The molecule has 3 rings (SSSR count). The maximum Gasteiger partial charge on any atom is 0.134 e. The van der Waals surface area contributed by atoms with Gasteiger partial charge in [-0.1, -0.05) is 18.2 Å². The van der Waals surface area contributed by atoms with Crippen LogP contribution in [0.1, 0.15) is 5.76 Å². The molecule has 0 fully saturated rings. The second-order valence-corrected chi connectivity index (χ2v) is 4.95. The van der Waals surface area contributed by atoms with Crippen molar-refractivity contribution in [2.45, 2.75) is 6.54 Å². The van der Waals surface area contributed by atoms with Crippen LogP contribution in [0, 0.1) is 0 Å². The first kappa shape index (κ1) is 14.5. The van der Waals surface area contributed by atoms with Crippen molar-refractivity contribution in [2.24, 2.45) is 0 Å². The van der Waals surface area contributed by atoms with Crippen molar-refractivity contribution in [2.75, 3.05) is 20.3 Å². The number of hydrogen-bond donors (Lipinski definition) is 1. The van der Waals surface area contributed by atoms with E-state index in [-0.39, 0.29) is 0 Å². The Kier molecular flexibility index (Phi) is 4.61. The van der Waals surface area contributed by atoms with E-state index in [1.54, 1.807) is 7.11 Å². The van der Waals surface area contributed by atoms with Gasteiger partial charge in [0.15, 0.2) is 0 Å². The van der Waals surface area contributed by atoms with Crippen molar-refractivity contribution < 1.29 is 13.9 Å². The topological polar surface area (TPSA) is 43.6 Å². The van der Waals surface area contributed by atoms with E-state index in [2.05, 4.69) is 17.4 Å². The molecule has 0 radical (unpaired) electrons. The third-order valence-corrected chi connectivity index (χ3v) is 3.38. The highest BCUT2D eigenvalue weighted by Crippen LogP contribution is 2.18. The Morgan fingerprint density at radius 3 is 2.55 bits per heavy atom. The molecule has 0 spiro atoms. The minimum Gasteiger partial charge on any atom is -0.497 e. The fourth-order valence-electron chi connectivity index (χ4n) is 2.25. The molecule has 0 aliphatic rings. The maximum absolute atomic E-state index is 5.74. The van der Waals surface area contributed by atoms with Crippen LogP contribution in [0.15, 0.2) is 59.0 Å². The predicted octanol–water partition coefficient (Wildman–Crippen LogP) is 3.61. The third-order valence-electron chi connectivity index (χ3n) is 3.38. The van der Waals surface area contributed by atoms with Crippen LogP contribution < -0.4 is 14.8 Å². The van der Waals surface area contributed by atoms with Crippen LogP contribution in [0.25, 0.3) is 11.0 Å². The van der Waals surface area contributed by atoms with Crippen LogP contribution in [0.3, 0.4) is 0 Å². The summed E-state index contributed by atoms with van der Waals surface area (Å²) in [6.45, 7) is 2.05. The summed E-state index contributed by atoms with van der Waals surface area (Å²) in [5.41, 5.74) is 0.925. The number of hydrogen-bond acceptors (Lipinski definition) is 4. The SMILES string of the molecule is COc1ccc(OCCNCc2cc3ccccc3o2)cc1. The molecule has 3 aromatic rings. The van der Waals surface area contributed by atoms with Gasteiger partial charge in [-0.05, 0) is 36.4 Å². The Balaban J connectivity index is 1.41. The van der Waals surface area contributed by atoms with E-state index in [0.29, 0.717) is 13.2 Å². The summed E-state index contributed by atoms with van der Waals surface area (Å²) in [7, 11) is 1.65. The molecule has 0 aliphatic carbocycles. The molecule has 2 aromatic carbocycles. The molecular formula is C18H19NO3. The van der Waals surface area contributed by atoms with E-state index < -0.39 is 0 Å². The van der Waals surface area contributed by atoms with Gasteiger partial charge in [0.05, 0.1) is 13.7 Å². The second-order valence-electron chi connectivity index (χ2n) is 4.95. The van der Waals surface area contributed by atoms with E-state index in [1.807, 2.05) is 42.5 Å². The van der Waals surface area contributed by atoms with Crippen molar-refractivity contribution in [1.82, 2.24) is 5.32 Å². The second kappa shape index (κ2) is 7.00. The number of nitrogens with one attached hydrogen (secondary N) is 1. The van der Waals surface area contributed by atoms with Crippen LogP contribution in [0.4, 0.5) is 0 Å². The zero-order chi connectivity index (χ0) is 15.2. The number of ether oxygens (including phenoxy) is 2. The minimum atomic E-state index is 0.604. The lowest BCUT2D eigenvalue weighted by molar-refractivity contribution is 0.310. The van der Waals surface area contributed by atoms with Gasteiger partial charge in [0, 0.05) is 11.9 Å². The van der Waals surface area contributed by atoms with E-state index >= 15 is 0 Å². The summed E-state index contributed by atoms with van der Waals surface area (Å²) in [5, 5.41) is 4.45. The molecule has 4 heteroatoms. The lowest BCUT2D eigenvalue weighted by Crippen LogP contribution is -2.20. The smallest absolute Gasteiger partial charge is 0.134 e. The maximum atomic E-state index is 5.74. The molecule has 0 unspecified atom stereocenters. The fourth-order valence-corrected chi connectivity index (χ4v) is 2.25. The van der Waals surface area contributed by atoms with Crippen LogP contribution in [-0.2, 0) is 6.54 Å². The van der Waals surface area contributed by atoms with Crippen LogP contribution in [0.2, 0.25) is 0 Å². The molecule has 0 aliphatic heterocycles. The highest BCUT2D eigenvalue weighted by molar-refractivity contribution is 5.77. The van der Waals surface area contributed by atoms with Gasteiger partial charge in [-0.3, -0.25) is 0 Å². The van der Waals surface area contributed by atoms with Crippen molar-refractivity contribution in [3.8, 4) is 11.5 Å². The van der Waals surface area contributed by atoms with Gasteiger partial charge in [-0.15, -0.1) is 0 Å². The number of methoxy groups -OCH3 is 1. The highest BCUT2D eigenvalue weighted by Gasteiger charge is 2.02. The van der Waals surface area contributed by atoms with Gasteiger partial charge in [0.25, 0.3) is 0 Å². The molecule has 1 aromatic heterocycles. The van der Waals surface area contributed by atoms with Crippen LogP contribution in [-0.4, -0.2) is 20.3 Å². The molecule has 114 valence electrons. The summed E-state index contributed by atoms with van der Waals surface area (Å²) in [6, 6.07) is 17.7. The summed E-state index contributed by atoms with van der Waals surface area (Å²) in [4.78, 5) is 0. The molecule has 0 amide bonds. The average molecular weight is 297 g/mol. The summed E-state index contributed by atoms with van der Waals surface area (Å²) >= 11 is 0. The number of furan rings is 1. The number of fused-ring (bicyclic) bond motifs is 1. The van der Waals surface area contributed by atoms with E-state index in [0.717, 1.165) is 34.8 Å². The number of para-hydroxylation sites is 1. The Morgan fingerprint density at radius 2 is 1.77 bits per heavy atom. The van der Waals surface area contributed by atoms with Crippen molar-refractivity contribution >= 4 is 11.0 Å². The summed E-state index contributed by atoms with van der Waals surface area (Å²) < 4.78 is 16.5. The molecule has 0 saturated carbocycles. The van der Waals surface area contributed by atoms with Crippen molar-refractivity contribution in [1.29, 1.82) is 0 Å². The van der Waals surface area contributed by atoms with Gasteiger partial charge in [0.2, 0.25) is 0 Å². The van der Waals surface area contributed by atoms with E-state index in [9.17, 15) is 0 Å². The molecule has 0 atom stereocenters. The van der Waals surface area contributed by atoms with Crippen LogP contribution >= 0.6 is 0 Å². The normalized spacial score (nSPS) is 10.8. The molecule has 22 heavy (non-hydrogen) atoms. The zero-order valence-electron chi connectivity index (χ0n) is 12.5. The lowest BCUT2D eigenvalue weighted by Gasteiger charge is -2.07. The standard InChI is InChI=1S/C18H19NO3/c1-20-15-6-8-16(9-7-15)21-11-10-19-13-17-12-14-4-2-3-5-18(14)22-17/h2-9,12,19H,10-11,13H2,1H3. The summed E-state index contributed by atoms with van der Waals surface area (Å²) in [5.74, 6) is 2.60. The average Bonchev–Trinajstić information content (AvgIpc) is 2.98. The van der Waals surface area contributed by atoms with Crippen molar-refractivity contribution in [3.05, 3.63) is 60.4 Å². The van der Waals surface area contributed by atoms with Gasteiger partial charge >= 0.3 is 0 Å². The molecule has 0 bridgehead atoms. The highest BCUT2D eigenvalue weighted by atomic mass is 16.5. The largest absolute Gasteiger partial charge is 0.497 e. The monoisotopic (exact) mass is 297 g/mol. The van der Waals surface area contributed by atoms with E-state index in [1.165, 1.54) is 0 Å². The first-order chi connectivity index (χ1) is 10.8. The first-order valence-corrected chi connectivity index (χ1v) is 7.30. The van der Waals surface area contributed by atoms with E-state index in [4.69, 9.17) is 13.9 Å². The summed E-state index contributed by atoms with van der Waals surface area (Å²) in [6.07, 6.45) is 0. The van der Waals surface area contributed by atoms with Crippen molar-refractivity contribution in [3.63, 3.8) is 0 Å². The Bertz CT molecular complexity index is 686. The lowest BCUT2D eigenvalue weighted by atomic mass is 10.2. The molecule has 1 N–H and O–H groups in total. The number of rotatable bonds is 7. The Labute approximate surface area is 129 Å². The minimum absolute atomic E-state index is 0.604. The van der Waals surface area contributed by atoms with Gasteiger partial charge in [0.1, 0.15) is 29.4 Å². The molecule has 0 saturated heterocycles. The first-order valence-electron chi connectivity index (χ1n) is 7.30. The quantitative estimate of drug-likeness (QED) is 0.677. The number of benzene rings is 2. The molecular weight excluding hydrogens is 278 g/mol. The van der Waals surface area contributed by atoms with Gasteiger partial charge in [-0.25, -0.2) is 0 Å². The third kappa shape index (κ3) is 3.59. The Morgan fingerprint density at radius 1 is 1.00 bits per heavy atom. The predicted molar refractivity (Wildman–Crippen MR) is 86.4 cm³/mol. The Hall–Kier alpha value is -2.46.